The molecule has 0 aliphatic heterocycles. The first kappa shape index (κ1) is 16.7. The minimum absolute atomic E-state index is 0.170. The van der Waals surface area contributed by atoms with Gasteiger partial charge in [0.2, 0.25) is 0 Å². The minimum atomic E-state index is -0.170. The average molecular weight is 315 g/mol. The Kier molecular flexibility index (Phi) is 5.86. The zero-order chi connectivity index (χ0) is 16.7. The highest BCUT2D eigenvalue weighted by Gasteiger charge is 2.11. The highest BCUT2D eigenvalue weighted by molar-refractivity contribution is 5.94. The van der Waals surface area contributed by atoms with Gasteiger partial charge in [-0.2, -0.15) is 0 Å². The van der Waals surface area contributed by atoms with Crippen LogP contribution in [-0.2, 0) is 6.54 Å². The first-order valence-corrected chi connectivity index (χ1v) is 7.40. The van der Waals surface area contributed by atoms with E-state index in [1.165, 1.54) is 0 Å². The van der Waals surface area contributed by atoms with Crippen molar-refractivity contribution in [3.8, 4) is 17.2 Å². The molecule has 0 radical (unpaired) electrons. The van der Waals surface area contributed by atoms with Gasteiger partial charge in [0.25, 0.3) is 5.91 Å². The summed E-state index contributed by atoms with van der Waals surface area (Å²) in [6.45, 7) is 2.81. The molecule has 0 atom stereocenters. The minimum Gasteiger partial charge on any atom is -0.497 e. The van der Waals surface area contributed by atoms with Crippen molar-refractivity contribution in [2.75, 3.05) is 20.8 Å². The molecule has 1 amide bonds. The standard InChI is InChI=1S/C18H21NO4/c1-4-23-17-11-14(8-9-16(17)22-3)18(20)19-12-13-6-5-7-15(10-13)21-2/h5-11H,4,12H2,1-3H3,(H,19,20). The first-order chi connectivity index (χ1) is 11.2. The summed E-state index contributed by atoms with van der Waals surface area (Å²) in [6, 6.07) is 12.7. The molecule has 2 aromatic carbocycles. The van der Waals surface area contributed by atoms with Crippen LogP contribution in [0.5, 0.6) is 17.2 Å². The van der Waals surface area contributed by atoms with Crippen LogP contribution in [0.1, 0.15) is 22.8 Å². The van der Waals surface area contributed by atoms with Crippen molar-refractivity contribution in [1.82, 2.24) is 5.32 Å². The van der Waals surface area contributed by atoms with Gasteiger partial charge >= 0.3 is 0 Å². The molecule has 5 nitrogen and oxygen atoms in total. The number of carbonyl (C=O) groups is 1. The predicted octanol–water partition coefficient (Wildman–Crippen LogP) is 3.03. The van der Waals surface area contributed by atoms with Crippen LogP contribution in [0.3, 0.4) is 0 Å². The number of amides is 1. The molecular weight excluding hydrogens is 294 g/mol. The zero-order valence-corrected chi connectivity index (χ0v) is 13.6. The molecule has 0 fully saturated rings. The number of ether oxygens (including phenoxy) is 3. The van der Waals surface area contributed by atoms with Crippen LogP contribution in [0.15, 0.2) is 42.5 Å². The molecule has 0 saturated heterocycles. The summed E-state index contributed by atoms with van der Waals surface area (Å²) < 4.78 is 15.9. The lowest BCUT2D eigenvalue weighted by molar-refractivity contribution is 0.0950. The van der Waals surface area contributed by atoms with Gasteiger partial charge in [-0.15, -0.1) is 0 Å². The fourth-order valence-electron chi connectivity index (χ4n) is 2.15. The Morgan fingerprint density at radius 3 is 2.57 bits per heavy atom. The van der Waals surface area contributed by atoms with Crippen molar-refractivity contribution in [2.45, 2.75) is 13.5 Å². The van der Waals surface area contributed by atoms with Crippen LogP contribution in [0.25, 0.3) is 0 Å². The molecule has 1 N–H and O–H groups in total. The van der Waals surface area contributed by atoms with Crippen molar-refractivity contribution in [3.63, 3.8) is 0 Å². The Morgan fingerprint density at radius 2 is 1.87 bits per heavy atom. The van der Waals surface area contributed by atoms with Crippen molar-refractivity contribution < 1.29 is 19.0 Å². The number of hydrogen-bond acceptors (Lipinski definition) is 4. The van der Waals surface area contributed by atoms with Crippen molar-refractivity contribution >= 4 is 5.91 Å². The third-order valence-corrected chi connectivity index (χ3v) is 3.31. The van der Waals surface area contributed by atoms with E-state index in [9.17, 15) is 4.79 Å². The van der Waals surface area contributed by atoms with E-state index in [-0.39, 0.29) is 5.91 Å². The highest BCUT2D eigenvalue weighted by Crippen LogP contribution is 2.28. The number of rotatable bonds is 7. The molecule has 0 aromatic heterocycles. The predicted molar refractivity (Wildman–Crippen MR) is 88.3 cm³/mol. The summed E-state index contributed by atoms with van der Waals surface area (Å²) in [6.07, 6.45) is 0. The van der Waals surface area contributed by atoms with Crippen LogP contribution in [-0.4, -0.2) is 26.7 Å². The summed E-state index contributed by atoms with van der Waals surface area (Å²) in [5, 5.41) is 2.88. The van der Waals surface area contributed by atoms with Crippen molar-refractivity contribution in [2.24, 2.45) is 0 Å². The third kappa shape index (κ3) is 4.39. The molecule has 0 saturated carbocycles. The molecule has 2 aromatic rings. The smallest absolute Gasteiger partial charge is 0.251 e. The van der Waals surface area contributed by atoms with Gasteiger partial charge in [-0.25, -0.2) is 0 Å². The van der Waals surface area contributed by atoms with Crippen LogP contribution in [0, 0.1) is 0 Å². The number of carbonyl (C=O) groups excluding carboxylic acids is 1. The second-order valence-electron chi connectivity index (χ2n) is 4.83. The molecule has 5 heteroatoms. The summed E-state index contributed by atoms with van der Waals surface area (Å²) in [7, 11) is 3.19. The molecular formula is C18H21NO4. The average Bonchev–Trinajstić information content (AvgIpc) is 2.60. The molecule has 0 unspecified atom stereocenters. The Morgan fingerprint density at radius 1 is 1.04 bits per heavy atom. The number of methoxy groups -OCH3 is 2. The Balaban J connectivity index is 2.06. The molecule has 0 heterocycles. The fraction of sp³-hybridized carbons (Fsp3) is 0.278. The second-order valence-corrected chi connectivity index (χ2v) is 4.83. The Bertz CT molecular complexity index is 670. The van der Waals surface area contributed by atoms with Gasteiger partial charge in [-0.05, 0) is 42.8 Å². The topological polar surface area (TPSA) is 56.8 Å². The summed E-state index contributed by atoms with van der Waals surface area (Å²) in [4.78, 5) is 12.3. The van der Waals surface area contributed by atoms with E-state index in [0.717, 1.165) is 11.3 Å². The maximum absolute atomic E-state index is 12.3. The van der Waals surface area contributed by atoms with Crippen molar-refractivity contribution in [3.05, 3.63) is 53.6 Å². The molecule has 122 valence electrons. The second kappa shape index (κ2) is 8.08. The maximum atomic E-state index is 12.3. The lowest BCUT2D eigenvalue weighted by atomic mass is 10.1. The molecule has 0 aliphatic rings. The molecule has 0 spiro atoms. The lowest BCUT2D eigenvalue weighted by Gasteiger charge is -2.11. The van der Waals surface area contributed by atoms with Gasteiger partial charge in [0.1, 0.15) is 5.75 Å². The van der Waals surface area contributed by atoms with Gasteiger partial charge in [0.15, 0.2) is 11.5 Å². The van der Waals surface area contributed by atoms with Crippen LogP contribution in [0.4, 0.5) is 0 Å². The fourth-order valence-corrected chi connectivity index (χ4v) is 2.15. The normalized spacial score (nSPS) is 10.0. The lowest BCUT2D eigenvalue weighted by Crippen LogP contribution is -2.22. The number of nitrogens with one attached hydrogen (secondary N) is 1. The summed E-state index contributed by atoms with van der Waals surface area (Å²) >= 11 is 0. The van der Waals surface area contributed by atoms with Crippen LogP contribution in [0.2, 0.25) is 0 Å². The van der Waals surface area contributed by atoms with E-state index in [2.05, 4.69) is 5.32 Å². The van der Waals surface area contributed by atoms with E-state index >= 15 is 0 Å². The molecule has 0 bridgehead atoms. The monoisotopic (exact) mass is 315 g/mol. The van der Waals surface area contributed by atoms with E-state index in [0.29, 0.717) is 30.2 Å². The number of benzene rings is 2. The van der Waals surface area contributed by atoms with E-state index in [1.807, 2.05) is 31.2 Å². The third-order valence-electron chi connectivity index (χ3n) is 3.31. The van der Waals surface area contributed by atoms with Gasteiger partial charge in [-0.3, -0.25) is 4.79 Å². The Labute approximate surface area is 136 Å². The number of hydrogen-bond donors (Lipinski definition) is 1. The van der Waals surface area contributed by atoms with Crippen molar-refractivity contribution in [1.29, 1.82) is 0 Å². The summed E-state index contributed by atoms with van der Waals surface area (Å²) in [5.74, 6) is 1.76. The molecule has 0 aliphatic carbocycles. The molecule has 23 heavy (non-hydrogen) atoms. The van der Waals surface area contributed by atoms with E-state index in [1.54, 1.807) is 32.4 Å². The molecule has 2 rings (SSSR count). The maximum Gasteiger partial charge on any atom is 0.251 e. The van der Waals surface area contributed by atoms with Gasteiger partial charge in [0, 0.05) is 12.1 Å². The van der Waals surface area contributed by atoms with Gasteiger partial charge in [-0.1, -0.05) is 12.1 Å². The largest absolute Gasteiger partial charge is 0.497 e. The summed E-state index contributed by atoms with van der Waals surface area (Å²) in [5.41, 5.74) is 1.49. The SMILES string of the molecule is CCOc1cc(C(=O)NCc2cccc(OC)c2)ccc1OC. The van der Waals surface area contributed by atoms with Crippen LogP contribution < -0.4 is 19.5 Å². The van der Waals surface area contributed by atoms with Gasteiger partial charge < -0.3 is 19.5 Å². The Hall–Kier alpha value is -2.69. The van der Waals surface area contributed by atoms with Crippen LogP contribution >= 0.6 is 0 Å². The van der Waals surface area contributed by atoms with Gasteiger partial charge in [0.05, 0.1) is 20.8 Å². The zero-order valence-electron chi connectivity index (χ0n) is 13.6. The van der Waals surface area contributed by atoms with E-state index in [4.69, 9.17) is 14.2 Å². The highest BCUT2D eigenvalue weighted by atomic mass is 16.5. The van der Waals surface area contributed by atoms with E-state index < -0.39 is 0 Å². The quantitative estimate of drug-likeness (QED) is 0.853. The first-order valence-electron chi connectivity index (χ1n) is 7.40.